The second-order valence-electron chi connectivity index (χ2n) is 7.42. The van der Waals surface area contributed by atoms with Gasteiger partial charge in [-0.25, -0.2) is 4.98 Å². The van der Waals surface area contributed by atoms with Crippen LogP contribution in [0.1, 0.15) is 17.0 Å². The fourth-order valence-electron chi connectivity index (χ4n) is 3.93. The van der Waals surface area contributed by atoms with E-state index in [0.717, 1.165) is 54.9 Å². The van der Waals surface area contributed by atoms with Gasteiger partial charge in [0, 0.05) is 37.1 Å². The highest BCUT2D eigenvalue weighted by Crippen LogP contribution is 2.36. The summed E-state index contributed by atoms with van der Waals surface area (Å²) in [5.74, 6) is 1.76. The zero-order chi connectivity index (χ0) is 20.2. The number of aromatic nitrogens is 3. The molecular formula is C23H25N5O2. The number of nitrogens with zero attached hydrogens (tertiary/aromatic N) is 5. The van der Waals surface area contributed by atoms with Gasteiger partial charge in [0.2, 0.25) is 5.95 Å². The molecular weight excluding hydrogens is 378 g/mol. The van der Waals surface area contributed by atoms with Crippen molar-refractivity contribution in [3.05, 3.63) is 71.7 Å². The highest BCUT2D eigenvalue weighted by atomic mass is 16.5. The van der Waals surface area contributed by atoms with Crippen LogP contribution < -0.4 is 9.80 Å². The number of fused-ring (bicyclic) bond motifs is 1. The maximum atomic E-state index is 6.00. The van der Waals surface area contributed by atoms with Gasteiger partial charge in [0.25, 0.3) is 0 Å². The molecule has 3 aromatic rings. The molecule has 2 aliphatic heterocycles. The molecule has 1 saturated heterocycles. The van der Waals surface area contributed by atoms with Crippen molar-refractivity contribution in [3.63, 3.8) is 0 Å². The van der Waals surface area contributed by atoms with E-state index in [1.54, 1.807) is 6.20 Å². The third-order valence-corrected chi connectivity index (χ3v) is 5.48. The smallest absolute Gasteiger partial charge is 0.227 e. The molecule has 0 atom stereocenters. The fraction of sp³-hybridized carbons (Fsp3) is 0.348. The third kappa shape index (κ3) is 3.99. The minimum Gasteiger partial charge on any atom is -0.378 e. The summed E-state index contributed by atoms with van der Waals surface area (Å²) < 4.78 is 11.5. The van der Waals surface area contributed by atoms with Crippen LogP contribution in [0.2, 0.25) is 0 Å². The van der Waals surface area contributed by atoms with Crippen LogP contribution in [-0.4, -0.2) is 47.8 Å². The average Bonchev–Trinajstić information content (AvgIpc) is 3.25. The Labute approximate surface area is 176 Å². The second kappa shape index (κ2) is 8.77. The van der Waals surface area contributed by atoms with E-state index in [1.807, 2.05) is 24.3 Å². The lowest BCUT2D eigenvalue weighted by atomic mass is 10.2. The molecule has 0 unspecified atom stereocenters. The summed E-state index contributed by atoms with van der Waals surface area (Å²) in [6.07, 6.45) is 2.70. The SMILES string of the molecule is c1ccc(N2CCc3c(COCc4ccccn4)nc(N4CCOCC4)nc32)cc1. The quantitative estimate of drug-likeness (QED) is 0.627. The summed E-state index contributed by atoms with van der Waals surface area (Å²) in [5, 5.41) is 0. The molecule has 0 N–H and O–H groups in total. The van der Waals surface area contributed by atoms with E-state index in [1.165, 1.54) is 5.56 Å². The van der Waals surface area contributed by atoms with E-state index in [2.05, 4.69) is 39.0 Å². The molecule has 1 aromatic carbocycles. The Kier molecular flexibility index (Phi) is 5.54. The van der Waals surface area contributed by atoms with Crippen molar-refractivity contribution in [2.75, 3.05) is 42.6 Å². The number of hydrogen-bond donors (Lipinski definition) is 0. The van der Waals surface area contributed by atoms with Crippen molar-refractivity contribution < 1.29 is 9.47 Å². The molecule has 154 valence electrons. The summed E-state index contributed by atoms with van der Waals surface area (Å²) in [5.41, 5.74) is 4.22. The van der Waals surface area contributed by atoms with Gasteiger partial charge in [0.1, 0.15) is 5.82 Å². The number of anilines is 3. The number of benzene rings is 1. The van der Waals surface area contributed by atoms with Crippen molar-refractivity contribution >= 4 is 17.5 Å². The van der Waals surface area contributed by atoms with Gasteiger partial charge in [0.05, 0.1) is 37.8 Å². The topological polar surface area (TPSA) is 63.6 Å². The predicted octanol–water partition coefficient (Wildman–Crippen LogP) is 3.12. The van der Waals surface area contributed by atoms with E-state index in [9.17, 15) is 0 Å². The first-order valence-corrected chi connectivity index (χ1v) is 10.4. The predicted molar refractivity (Wildman–Crippen MR) is 115 cm³/mol. The molecule has 4 heterocycles. The van der Waals surface area contributed by atoms with E-state index < -0.39 is 0 Å². The lowest BCUT2D eigenvalue weighted by Crippen LogP contribution is -2.37. The van der Waals surface area contributed by atoms with Crippen molar-refractivity contribution in [2.45, 2.75) is 19.6 Å². The molecule has 2 aliphatic rings. The first-order chi connectivity index (χ1) is 14.9. The van der Waals surface area contributed by atoms with Crippen molar-refractivity contribution in [3.8, 4) is 0 Å². The molecule has 0 bridgehead atoms. The van der Waals surface area contributed by atoms with Gasteiger partial charge in [-0.15, -0.1) is 0 Å². The van der Waals surface area contributed by atoms with E-state index in [-0.39, 0.29) is 0 Å². The van der Waals surface area contributed by atoms with E-state index in [4.69, 9.17) is 19.4 Å². The van der Waals surface area contributed by atoms with Gasteiger partial charge in [0.15, 0.2) is 0 Å². The number of pyridine rings is 1. The number of para-hydroxylation sites is 1. The Bertz CT molecular complexity index is 978. The zero-order valence-corrected chi connectivity index (χ0v) is 16.9. The van der Waals surface area contributed by atoms with Crippen LogP contribution in [0.3, 0.4) is 0 Å². The lowest BCUT2D eigenvalue weighted by molar-refractivity contribution is 0.101. The van der Waals surface area contributed by atoms with Gasteiger partial charge in [-0.1, -0.05) is 24.3 Å². The number of morpholine rings is 1. The molecule has 1 fully saturated rings. The normalized spacial score (nSPS) is 16.0. The summed E-state index contributed by atoms with van der Waals surface area (Å²) >= 11 is 0. The molecule has 30 heavy (non-hydrogen) atoms. The Hall–Kier alpha value is -3.03. The molecule has 0 aliphatic carbocycles. The van der Waals surface area contributed by atoms with Gasteiger partial charge in [-0.2, -0.15) is 4.98 Å². The molecule has 0 amide bonds. The zero-order valence-electron chi connectivity index (χ0n) is 16.9. The largest absolute Gasteiger partial charge is 0.378 e. The Balaban J connectivity index is 1.44. The average molecular weight is 403 g/mol. The molecule has 7 heteroatoms. The Morgan fingerprint density at radius 2 is 1.73 bits per heavy atom. The maximum Gasteiger partial charge on any atom is 0.227 e. The molecule has 0 saturated carbocycles. The summed E-state index contributed by atoms with van der Waals surface area (Å²) in [6.45, 7) is 4.82. The first-order valence-electron chi connectivity index (χ1n) is 10.4. The standard InChI is InChI=1S/C23H25N5O2/c1-2-7-19(8-3-1)28-11-9-20-21(17-30-16-18-6-4-5-10-24-18)25-23(26-22(20)28)27-12-14-29-15-13-27/h1-8,10H,9,11-17H2. The number of hydrogen-bond acceptors (Lipinski definition) is 7. The highest BCUT2D eigenvalue weighted by molar-refractivity contribution is 5.68. The highest BCUT2D eigenvalue weighted by Gasteiger charge is 2.28. The van der Waals surface area contributed by atoms with Crippen LogP contribution in [0.25, 0.3) is 0 Å². The summed E-state index contributed by atoms with van der Waals surface area (Å²) in [6, 6.07) is 16.3. The van der Waals surface area contributed by atoms with E-state index in [0.29, 0.717) is 26.4 Å². The van der Waals surface area contributed by atoms with Crippen LogP contribution in [0.5, 0.6) is 0 Å². The van der Waals surface area contributed by atoms with Crippen LogP contribution in [-0.2, 0) is 29.1 Å². The lowest BCUT2D eigenvalue weighted by Gasteiger charge is -2.28. The minimum atomic E-state index is 0.446. The first kappa shape index (κ1) is 19.0. The maximum absolute atomic E-state index is 6.00. The Morgan fingerprint density at radius 3 is 2.53 bits per heavy atom. The third-order valence-electron chi connectivity index (χ3n) is 5.48. The molecule has 0 spiro atoms. The molecule has 5 rings (SSSR count). The second-order valence-corrected chi connectivity index (χ2v) is 7.42. The van der Waals surface area contributed by atoms with Gasteiger partial charge >= 0.3 is 0 Å². The number of rotatable bonds is 6. The van der Waals surface area contributed by atoms with Gasteiger partial charge in [-0.05, 0) is 30.7 Å². The van der Waals surface area contributed by atoms with Gasteiger partial charge in [-0.3, -0.25) is 4.98 Å². The van der Waals surface area contributed by atoms with Crippen LogP contribution in [0, 0.1) is 0 Å². The molecule has 0 radical (unpaired) electrons. The van der Waals surface area contributed by atoms with E-state index >= 15 is 0 Å². The molecule has 2 aromatic heterocycles. The Morgan fingerprint density at radius 1 is 0.900 bits per heavy atom. The summed E-state index contributed by atoms with van der Waals surface area (Å²) in [7, 11) is 0. The fourth-order valence-corrected chi connectivity index (χ4v) is 3.93. The van der Waals surface area contributed by atoms with Gasteiger partial charge < -0.3 is 19.3 Å². The number of ether oxygens (including phenoxy) is 2. The minimum absolute atomic E-state index is 0.446. The summed E-state index contributed by atoms with van der Waals surface area (Å²) in [4.78, 5) is 18.7. The van der Waals surface area contributed by atoms with Crippen LogP contribution >= 0.6 is 0 Å². The van der Waals surface area contributed by atoms with Crippen molar-refractivity contribution in [1.82, 2.24) is 15.0 Å². The van der Waals surface area contributed by atoms with Crippen molar-refractivity contribution in [2.24, 2.45) is 0 Å². The molecule has 7 nitrogen and oxygen atoms in total. The van der Waals surface area contributed by atoms with Crippen molar-refractivity contribution in [1.29, 1.82) is 0 Å². The van der Waals surface area contributed by atoms with Crippen LogP contribution in [0.15, 0.2) is 54.7 Å². The van der Waals surface area contributed by atoms with Crippen LogP contribution in [0.4, 0.5) is 17.5 Å². The monoisotopic (exact) mass is 403 g/mol.